The van der Waals surface area contributed by atoms with Gasteiger partial charge >= 0.3 is 0 Å². The Balaban J connectivity index is 1.69. The van der Waals surface area contributed by atoms with Crippen LogP contribution in [0.3, 0.4) is 0 Å². The molecule has 0 bridgehead atoms. The normalized spacial score (nSPS) is 20.3. The van der Waals surface area contributed by atoms with E-state index in [-0.39, 0.29) is 11.7 Å². The van der Waals surface area contributed by atoms with E-state index in [0.717, 1.165) is 37.2 Å². The van der Waals surface area contributed by atoms with Crippen LogP contribution in [-0.4, -0.2) is 27.5 Å². The van der Waals surface area contributed by atoms with Gasteiger partial charge in [-0.3, -0.25) is 4.79 Å². The Labute approximate surface area is 141 Å². The van der Waals surface area contributed by atoms with Crippen molar-refractivity contribution in [3.63, 3.8) is 0 Å². The van der Waals surface area contributed by atoms with Crippen LogP contribution in [0.25, 0.3) is 5.69 Å². The molecule has 3 rings (SSSR count). The molecular formula is C18H23FN4O. The van der Waals surface area contributed by atoms with Gasteiger partial charge in [0.05, 0.1) is 11.2 Å². The third-order valence-corrected chi connectivity index (χ3v) is 4.83. The van der Waals surface area contributed by atoms with Crippen molar-refractivity contribution in [2.75, 3.05) is 6.54 Å². The van der Waals surface area contributed by atoms with Crippen molar-refractivity contribution in [3.8, 4) is 5.69 Å². The zero-order chi connectivity index (χ0) is 17.2. The molecule has 128 valence electrons. The Morgan fingerprint density at radius 2 is 2.33 bits per heavy atom. The minimum absolute atomic E-state index is 0.00237. The lowest BCUT2D eigenvalue weighted by Crippen LogP contribution is -2.52. The lowest BCUT2D eigenvalue weighted by molar-refractivity contribution is -0.127. The predicted molar refractivity (Wildman–Crippen MR) is 90.4 cm³/mol. The highest BCUT2D eigenvalue weighted by Gasteiger charge is 2.38. The molecule has 1 aromatic heterocycles. The van der Waals surface area contributed by atoms with Crippen LogP contribution >= 0.6 is 0 Å². The fourth-order valence-electron chi connectivity index (χ4n) is 3.30. The third-order valence-electron chi connectivity index (χ3n) is 4.83. The smallest absolute Gasteiger partial charge is 0.240 e. The molecule has 1 fully saturated rings. The minimum Gasteiger partial charge on any atom is -0.350 e. The molecule has 1 aliphatic heterocycles. The molecule has 24 heavy (non-hydrogen) atoms. The van der Waals surface area contributed by atoms with Crippen molar-refractivity contribution in [2.45, 2.75) is 45.2 Å². The summed E-state index contributed by atoms with van der Waals surface area (Å²) in [6.07, 6.45) is 5.98. The number of aromatic nitrogens is 2. The standard InChI is InChI=1S/C18H23FN4O/c1-3-18(7-4-8-22-18)17(24)21-12-14-5-6-16(15(19)11-14)23-10-9-20-13(23)2/h5-6,9-11,22H,3-4,7-8,12H2,1-2H3,(H,21,24). The zero-order valence-electron chi connectivity index (χ0n) is 14.1. The van der Waals surface area contributed by atoms with Gasteiger partial charge in [0, 0.05) is 18.9 Å². The summed E-state index contributed by atoms with van der Waals surface area (Å²) in [5, 5.41) is 6.24. The van der Waals surface area contributed by atoms with Crippen LogP contribution in [0.2, 0.25) is 0 Å². The molecule has 1 atom stereocenters. The number of halogens is 1. The molecule has 1 aliphatic rings. The lowest BCUT2D eigenvalue weighted by atomic mass is 9.93. The van der Waals surface area contributed by atoms with Gasteiger partial charge in [0.25, 0.3) is 0 Å². The molecule has 1 aromatic carbocycles. The Hall–Kier alpha value is -2.21. The molecule has 0 saturated carbocycles. The van der Waals surface area contributed by atoms with Crippen LogP contribution < -0.4 is 10.6 Å². The van der Waals surface area contributed by atoms with Gasteiger partial charge in [0.15, 0.2) is 0 Å². The van der Waals surface area contributed by atoms with E-state index in [1.165, 1.54) is 6.07 Å². The SMILES string of the molecule is CCC1(C(=O)NCc2ccc(-n3ccnc3C)c(F)c2)CCCN1. The number of carbonyl (C=O) groups is 1. The minimum atomic E-state index is -0.466. The van der Waals surface area contributed by atoms with E-state index in [9.17, 15) is 9.18 Å². The van der Waals surface area contributed by atoms with Crippen LogP contribution in [0.4, 0.5) is 4.39 Å². The van der Waals surface area contributed by atoms with Crippen LogP contribution in [0.5, 0.6) is 0 Å². The number of amides is 1. The van der Waals surface area contributed by atoms with E-state index >= 15 is 0 Å². The van der Waals surface area contributed by atoms with Crippen LogP contribution in [-0.2, 0) is 11.3 Å². The van der Waals surface area contributed by atoms with E-state index in [2.05, 4.69) is 15.6 Å². The van der Waals surface area contributed by atoms with Crippen molar-refractivity contribution < 1.29 is 9.18 Å². The molecule has 1 amide bonds. The topological polar surface area (TPSA) is 59.0 Å². The van der Waals surface area contributed by atoms with E-state index in [1.807, 2.05) is 19.9 Å². The van der Waals surface area contributed by atoms with E-state index in [0.29, 0.717) is 12.2 Å². The van der Waals surface area contributed by atoms with Gasteiger partial charge < -0.3 is 15.2 Å². The Bertz CT molecular complexity index is 734. The molecule has 2 heterocycles. The molecule has 2 aromatic rings. The lowest BCUT2D eigenvalue weighted by Gasteiger charge is -2.26. The Morgan fingerprint density at radius 1 is 1.50 bits per heavy atom. The number of aryl methyl sites for hydroxylation is 1. The van der Waals surface area contributed by atoms with E-state index in [1.54, 1.807) is 23.0 Å². The monoisotopic (exact) mass is 330 g/mol. The van der Waals surface area contributed by atoms with E-state index in [4.69, 9.17) is 0 Å². The fraction of sp³-hybridized carbons (Fsp3) is 0.444. The first-order chi connectivity index (χ1) is 11.6. The van der Waals surface area contributed by atoms with Crippen molar-refractivity contribution in [3.05, 3.63) is 47.8 Å². The van der Waals surface area contributed by atoms with Crippen LogP contribution in [0.1, 0.15) is 37.6 Å². The van der Waals surface area contributed by atoms with Crippen LogP contribution in [0.15, 0.2) is 30.6 Å². The summed E-state index contributed by atoms with van der Waals surface area (Å²) in [4.78, 5) is 16.6. The average Bonchev–Trinajstić information content (AvgIpc) is 3.22. The second-order valence-corrected chi connectivity index (χ2v) is 6.28. The summed E-state index contributed by atoms with van der Waals surface area (Å²) < 4.78 is 16.1. The molecule has 0 spiro atoms. The average molecular weight is 330 g/mol. The molecule has 2 N–H and O–H groups in total. The summed E-state index contributed by atoms with van der Waals surface area (Å²) in [5.74, 6) is 0.400. The summed E-state index contributed by atoms with van der Waals surface area (Å²) in [7, 11) is 0. The summed E-state index contributed by atoms with van der Waals surface area (Å²) in [6.45, 7) is 5.03. The zero-order valence-corrected chi connectivity index (χ0v) is 14.1. The number of benzene rings is 1. The highest BCUT2D eigenvalue weighted by atomic mass is 19.1. The molecular weight excluding hydrogens is 307 g/mol. The second-order valence-electron chi connectivity index (χ2n) is 6.28. The predicted octanol–water partition coefficient (Wildman–Crippen LogP) is 2.47. The number of nitrogens with zero attached hydrogens (tertiary/aromatic N) is 2. The van der Waals surface area contributed by atoms with Crippen LogP contribution in [0, 0.1) is 12.7 Å². The van der Waals surface area contributed by atoms with Crippen molar-refractivity contribution in [2.24, 2.45) is 0 Å². The first-order valence-electron chi connectivity index (χ1n) is 8.38. The van der Waals surface area contributed by atoms with E-state index < -0.39 is 5.54 Å². The molecule has 1 saturated heterocycles. The van der Waals surface area contributed by atoms with Crippen molar-refractivity contribution in [1.29, 1.82) is 0 Å². The van der Waals surface area contributed by atoms with Gasteiger partial charge in [-0.15, -0.1) is 0 Å². The maximum absolute atomic E-state index is 14.4. The summed E-state index contributed by atoms with van der Waals surface area (Å²) in [5.41, 5.74) is 0.737. The molecule has 0 radical (unpaired) electrons. The van der Waals surface area contributed by atoms with Gasteiger partial charge in [0.2, 0.25) is 5.91 Å². The van der Waals surface area contributed by atoms with Gasteiger partial charge in [-0.05, 0) is 50.4 Å². The molecule has 1 unspecified atom stereocenters. The van der Waals surface area contributed by atoms with Gasteiger partial charge in [-0.1, -0.05) is 13.0 Å². The summed E-state index contributed by atoms with van der Waals surface area (Å²) in [6, 6.07) is 5.02. The highest BCUT2D eigenvalue weighted by Crippen LogP contribution is 2.23. The second kappa shape index (κ2) is 6.73. The quantitative estimate of drug-likeness (QED) is 0.885. The van der Waals surface area contributed by atoms with Gasteiger partial charge in [0.1, 0.15) is 11.6 Å². The molecule has 5 nitrogen and oxygen atoms in total. The Kier molecular flexibility index (Phi) is 4.66. The first kappa shape index (κ1) is 16.6. The third kappa shape index (κ3) is 3.06. The summed E-state index contributed by atoms with van der Waals surface area (Å²) >= 11 is 0. The molecule has 0 aliphatic carbocycles. The fourth-order valence-corrected chi connectivity index (χ4v) is 3.30. The van der Waals surface area contributed by atoms with Gasteiger partial charge in [-0.25, -0.2) is 9.37 Å². The number of hydrogen-bond donors (Lipinski definition) is 2. The largest absolute Gasteiger partial charge is 0.350 e. The van der Waals surface area contributed by atoms with Crippen molar-refractivity contribution in [1.82, 2.24) is 20.2 Å². The molecule has 6 heteroatoms. The maximum Gasteiger partial charge on any atom is 0.240 e. The van der Waals surface area contributed by atoms with Crippen molar-refractivity contribution >= 4 is 5.91 Å². The first-order valence-corrected chi connectivity index (χ1v) is 8.38. The number of imidazole rings is 1. The van der Waals surface area contributed by atoms with Gasteiger partial charge in [-0.2, -0.15) is 0 Å². The number of hydrogen-bond acceptors (Lipinski definition) is 3. The number of rotatable bonds is 5. The number of nitrogens with one attached hydrogen (secondary N) is 2. The Morgan fingerprint density at radius 3 is 2.92 bits per heavy atom. The number of carbonyl (C=O) groups excluding carboxylic acids is 1. The highest BCUT2D eigenvalue weighted by molar-refractivity contribution is 5.86. The maximum atomic E-state index is 14.4.